The first-order chi connectivity index (χ1) is 24.2. The Balaban J connectivity index is 1.50. The van der Waals surface area contributed by atoms with E-state index in [1.54, 1.807) is 31.2 Å². The average molecular weight is 766 g/mol. The standard InChI is InChI=1S/C34H27Cl3N8O5S/c1-4-44(24-10-8-22(35)9-11-24)25-12-13-30(31(17-25)39-20(3)46)41-42-33-27(18-38)19(2)43-45(33)32-28(36)15-23(16-29(32)37)40-34(47)21-6-5-7-26(14-21)51(48,49)50/h5-17H,4H2,1-3H3,(H,39,46)(H,40,47)(H,48,49,50). The van der Waals surface area contributed by atoms with Crippen LogP contribution in [0.1, 0.15) is 35.5 Å². The van der Waals surface area contributed by atoms with Crippen molar-refractivity contribution in [3.8, 4) is 11.8 Å². The molecule has 0 saturated heterocycles. The summed E-state index contributed by atoms with van der Waals surface area (Å²) in [6.07, 6.45) is 0. The summed E-state index contributed by atoms with van der Waals surface area (Å²) in [5.74, 6) is -1.05. The normalized spacial score (nSPS) is 11.3. The fourth-order valence-electron chi connectivity index (χ4n) is 5.04. The number of amides is 2. The third-order valence-electron chi connectivity index (χ3n) is 7.34. The SMILES string of the molecule is CCN(c1ccc(Cl)cc1)c1ccc(N=Nc2c(C#N)c(C)nn2-c2c(Cl)cc(NC(=O)c3cccc(S(=O)(=O)O)c3)cc2Cl)c(NC(C)=O)c1. The lowest BCUT2D eigenvalue weighted by Crippen LogP contribution is -2.16. The van der Waals surface area contributed by atoms with E-state index >= 15 is 0 Å². The minimum Gasteiger partial charge on any atom is -0.342 e. The molecular formula is C34H27Cl3N8O5S. The summed E-state index contributed by atoms with van der Waals surface area (Å²) in [6, 6.07) is 22.2. The number of aromatic nitrogens is 2. The lowest BCUT2D eigenvalue weighted by atomic mass is 10.2. The Bertz CT molecular complexity index is 2330. The van der Waals surface area contributed by atoms with Crippen molar-refractivity contribution in [2.45, 2.75) is 25.7 Å². The molecule has 0 saturated carbocycles. The highest BCUT2D eigenvalue weighted by Gasteiger charge is 2.22. The van der Waals surface area contributed by atoms with E-state index in [2.05, 4.69) is 32.0 Å². The number of anilines is 4. The maximum atomic E-state index is 12.9. The number of aryl methyl sites for hydroxylation is 1. The van der Waals surface area contributed by atoms with Gasteiger partial charge in [0.1, 0.15) is 23.0 Å². The second-order valence-corrected chi connectivity index (χ2v) is 13.5. The molecule has 0 unspecified atom stereocenters. The van der Waals surface area contributed by atoms with Gasteiger partial charge in [0.25, 0.3) is 16.0 Å². The van der Waals surface area contributed by atoms with E-state index in [9.17, 15) is 27.8 Å². The van der Waals surface area contributed by atoms with Crippen LogP contribution in [-0.2, 0) is 14.9 Å². The molecule has 0 aliphatic carbocycles. The molecule has 13 nitrogen and oxygen atoms in total. The molecule has 2 amide bonds. The van der Waals surface area contributed by atoms with Crippen LogP contribution >= 0.6 is 34.8 Å². The maximum absolute atomic E-state index is 12.9. The van der Waals surface area contributed by atoms with Crippen molar-refractivity contribution in [1.82, 2.24) is 9.78 Å². The van der Waals surface area contributed by atoms with E-state index in [0.717, 1.165) is 23.5 Å². The van der Waals surface area contributed by atoms with E-state index in [4.69, 9.17) is 34.8 Å². The number of nitrogens with zero attached hydrogens (tertiary/aromatic N) is 6. The van der Waals surface area contributed by atoms with Gasteiger partial charge in [0.2, 0.25) is 5.91 Å². The van der Waals surface area contributed by atoms with Crippen LogP contribution in [0.4, 0.5) is 34.3 Å². The van der Waals surface area contributed by atoms with Crippen LogP contribution in [0.5, 0.6) is 0 Å². The van der Waals surface area contributed by atoms with Gasteiger partial charge in [-0.25, -0.2) is 4.68 Å². The van der Waals surface area contributed by atoms with Crippen molar-refractivity contribution < 1.29 is 22.6 Å². The van der Waals surface area contributed by atoms with Crippen molar-refractivity contribution >= 4 is 91.0 Å². The molecule has 1 aromatic heterocycles. The monoisotopic (exact) mass is 764 g/mol. The molecule has 0 aliphatic rings. The van der Waals surface area contributed by atoms with Gasteiger partial charge >= 0.3 is 0 Å². The molecule has 5 aromatic rings. The van der Waals surface area contributed by atoms with Crippen LogP contribution in [0.25, 0.3) is 5.69 Å². The number of rotatable bonds is 10. The molecule has 0 atom stereocenters. The van der Waals surface area contributed by atoms with Crippen LogP contribution in [-0.4, -0.2) is 41.1 Å². The largest absolute Gasteiger partial charge is 0.342 e. The van der Waals surface area contributed by atoms with Gasteiger partial charge in [-0.05, 0) is 86.6 Å². The first kappa shape index (κ1) is 37.0. The smallest absolute Gasteiger partial charge is 0.294 e. The number of benzene rings is 4. The molecule has 0 fully saturated rings. The molecule has 1 heterocycles. The molecule has 0 bridgehead atoms. The Labute approximate surface area is 307 Å². The van der Waals surface area contributed by atoms with Crippen LogP contribution in [0.15, 0.2) is 94.0 Å². The van der Waals surface area contributed by atoms with Crippen LogP contribution in [0.2, 0.25) is 15.1 Å². The number of carbonyl (C=O) groups is 2. The Kier molecular flexibility index (Phi) is 11.1. The molecule has 17 heteroatoms. The summed E-state index contributed by atoms with van der Waals surface area (Å²) in [7, 11) is -4.53. The number of hydrogen-bond donors (Lipinski definition) is 3. The highest BCUT2D eigenvalue weighted by atomic mass is 35.5. The van der Waals surface area contributed by atoms with Gasteiger partial charge in [-0.15, -0.1) is 10.2 Å². The molecular weight excluding hydrogens is 739 g/mol. The fraction of sp³-hybridized carbons (Fsp3) is 0.118. The van der Waals surface area contributed by atoms with E-state index in [1.165, 1.54) is 35.9 Å². The summed E-state index contributed by atoms with van der Waals surface area (Å²) in [6.45, 7) is 5.55. The number of azo groups is 1. The topological polar surface area (TPSA) is 182 Å². The number of halogens is 3. The Morgan fingerprint density at radius 3 is 2.24 bits per heavy atom. The molecule has 5 rings (SSSR count). The second kappa shape index (κ2) is 15.3. The molecule has 260 valence electrons. The predicted molar refractivity (Wildman–Crippen MR) is 196 cm³/mol. The lowest BCUT2D eigenvalue weighted by molar-refractivity contribution is -0.114. The lowest BCUT2D eigenvalue weighted by Gasteiger charge is -2.24. The zero-order valence-corrected chi connectivity index (χ0v) is 30.1. The second-order valence-electron chi connectivity index (χ2n) is 10.9. The maximum Gasteiger partial charge on any atom is 0.294 e. The molecule has 4 aromatic carbocycles. The van der Waals surface area contributed by atoms with Gasteiger partial charge in [-0.3, -0.25) is 14.1 Å². The zero-order chi connectivity index (χ0) is 37.0. The Morgan fingerprint density at radius 1 is 0.961 bits per heavy atom. The van der Waals surface area contributed by atoms with Gasteiger partial charge in [-0.1, -0.05) is 40.9 Å². The number of hydrogen-bond acceptors (Lipinski definition) is 9. The molecule has 0 aliphatic heterocycles. The molecule has 51 heavy (non-hydrogen) atoms. The Morgan fingerprint density at radius 2 is 1.63 bits per heavy atom. The summed E-state index contributed by atoms with van der Waals surface area (Å²) < 4.78 is 33.6. The van der Waals surface area contributed by atoms with Gasteiger partial charge in [0.05, 0.1) is 26.3 Å². The quantitative estimate of drug-likeness (QED) is 0.0929. The molecule has 0 radical (unpaired) electrons. The average Bonchev–Trinajstić information content (AvgIpc) is 3.38. The van der Waals surface area contributed by atoms with Gasteiger partial charge < -0.3 is 15.5 Å². The first-order valence-electron chi connectivity index (χ1n) is 14.9. The van der Waals surface area contributed by atoms with Crippen molar-refractivity contribution in [3.63, 3.8) is 0 Å². The van der Waals surface area contributed by atoms with Crippen molar-refractivity contribution in [1.29, 1.82) is 5.26 Å². The summed E-state index contributed by atoms with van der Waals surface area (Å²) >= 11 is 19.4. The van der Waals surface area contributed by atoms with Crippen LogP contribution in [0, 0.1) is 18.3 Å². The van der Waals surface area contributed by atoms with Crippen LogP contribution in [0.3, 0.4) is 0 Å². The number of carbonyl (C=O) groups excluding carboxylic acids is 2. The summed E-state index contributed by atoms with van der Waals surface area (Å²) in [5.41, 5.74) is 2.90. The summed E-state index contributed by atoms with van der Waals surface area (Å²) in [5, 5.41) is 29.2. The predicted octanol–water partition coefficient (Wildman–Crippen LogP) is 9.04. The fourth-order valence-corrected chi connectivity index (χ4v) is 6.34. The van der Waals surface area contributed by atoms with Crippen molar-refractivity contribution in [2.24, 2.45) is 10.2 Å². The van der Waals surface area contributed by atoms with Gasteiger partial charge in [0, 0.05) is 41.1 Å². The van der Waals surface area contributed by atoms with E-state index < -0.39 is 20.9 Å². The third kappa shape index (κ3) is 8.37. The van der Waals surface area contributed by atoms with E-state index in [0.29, 0.717) is 22.9 Å². The van der Waals surface area contributed by atoms with Gasteiger partial charge in [-0.2, -0.15) is 18.8 Å². The number of nitriles is 1. The summed E-state index contributed by atoms with van der Waals surface area (Å²) in [4.78, 5) is 26.6. The van der Waals surface area contributed by atoms with E-state index in [1.807, 2.05) is 30.0 Å². The molecule has 3 N–H and O–H groups in total. The van der Waals surface area contributed by atoms with Crippen molar-refractivity contribution in [2.75, 3.05) is 22.1 Å². The van der Waals surface area contributed by atoms with E-state index in [-0.39, 0.29) is 50.0 Å². The first-order valence-corrected chi connectivity index (χ1v) is 17.5. The van der Waals surface area contributed by atoms with Gasteiger partial charge in [0.15, 0.2) is 5.82 Å². The van der Waals surface area contributed by atoms with Crippen LogP contribution < -0.4 is 15.5 Å². The highest BCUT2D eigenvalue weighted by molar-refractivity contribution is 7.85. The Hall–Kier alpha value is -5.30. The minimum atomic E-state index is -4.53. The minimum absolute atomic E-state index is 0.00758. The molecule has 0 spiro atoms. The highest BCUT2D eigenvalue weighted by Crippen LogP contribution is 2.39. The third-order valence-corrected chi connectivity index (χ3v) is 9.02. The van der Waals surface area contributed by atoms with Crippen molar-refractivity contribution in [3.05, 3.63) is 111 Å². The zero-order valence-electron chi connectivity index (χ0n) is 27.0. The number of nitrogens with one attached hydrogen (secondary N) is 2.